The van der Waals surface area contributed by atoms with Crippen LogP contribution in [0.5, 0.6) is 5.75 Å². The highest BCUT2D eigenvalue weighted by atomic mass is 32.2. The highest BCUT2D eigenvalue weighted by molar-refractivity contribution is 7.88. The zero-order chi connectivity index (χ0) is 17.7. The van der Waals surface area contributed by atoms with Gasteiger partial charge < -0.3 is 10.1 Å². The number of hydrogen-bond donors (Lipinski definition) is 1. The Morgan fingerprint density at radius 1 is 1.29 bits per heavy atom. The van der Waals surface area contributed by atoms with E-state index >= 15 is 0 Å². The van der Waals surface area contributed by atoms with E-state index in [4.69, 9.17) is 4.74 Å². The van der Waals surface area contributed by atoms with Gasteiger partial charge >= 0.3 is 0 Å². The van der Waals surface area contributed by atoms with Gasteiger partial charge in [0.1, 0.15) is 5.75 Å². The molecule has 0 aromatic heterocycles. The Labute approximate surface area is 144 Å². The van der Waals surface area contributed by atoms with Crippen LogP contribution in [0, 0.1) is 5.92 Å². The zero-order valence-corrected chi connectivity index (χ0v) is 15.3. The van der Waals surface area contributed by atoms with Crippen LogP contribution in [0.2, 0.25) is 0 Å². The van der Waals surface area contributed by atoms with E-state index in [-0.39, 0.29) is 17.9 Å². The van der Waals surface area contributed by atoms with Gasteiger partial charge in [0, 0.05) is 19.0 Å². The molecule has 1 amide bonds. The molecule has 0 radical (unpaired) electrons. The Morgan fingerprint density at radius 3 is 2.33 bits per heavy atom. The average Bonchev–Trinajstić information content (AvgIpc) is 2.59. The molecule has 1 N–H and O–H groups in total. The van der Waals surface area contributed by atoms with Crippen LogP contribution in [0.3, 0.4) is 0 Å². The minimum Gasteiger partial charge on any atom is -0.497 e. The Morgan fingerprint density at radius 2 is 1.88 bits per heavy atom. The van der Waals surface area contributed by atoms with E-state index in [1.54, 1.807) is 7.11 Å². The predicted molar refractivity (Wildman–Crippen MR) is 93.3 cm³/mol. The van der Waals surface area contributed by atoms with Crippen molar-refractivity contribution in [2.24, 2.45) is 5.92 Å². The molecule has 1 saturated heterocycles. The van der Waals surface area contributed by atoms with E-state index in [2.05, 4.69) is 5.32 Å². The van der Waals surface area contributed by atoms with Crippen molar-refractivity contribution in [2.45, 2.75) is 32.2 Å². The first-order valence-electron chi connectivity index (χ1n) is 8.24. The average molecular weight is 354 g/mol. The number of hydrogen-bond acceptors (Lipinski definition) is 4. The number of nitrogens with zero attached hydrogens (tertiary/aromatic N) is 1. The summed E-state index contributed by atoms with van der Waals surface area (Å²) in [5, 5.41) is 3.10. The van der Waals surface area contributed by atoms with Crippen molar-refractivity contribution in [1.29, 1.82) is 0 Å². The van der Waals surface area contributed by atoms with Gasteiger partial charge in [0.05, 0.1) is 19.4 Å². The van der Waals surface area contributed by atoms with Gasteiger partial charge in [0.25, 0.3) is 0 Å². The van der Waals surface area contributed by atoms with Crippen LogP contribution in [0.4, 0.5) is 0 Å². The molecular formula is C17H26N2O4S. The molecule has 7 heteroatoms. The molecule has 0 saturated carbocycles. The van der Waals surface area contributed by atoms with Gasteiger partial charge in [-0.3, -0.25) is 4.79 Å². The van der Waals surface area contributed by atoms with Gasteiger partial charge in [0.2, 0.25) is 15.9 Å². The fourth-order valence-corrected chi connectivity index (χ4v) is 3.87. The van der Waals surface area contributed by atoms with E-state index in [1.807, 2.05) is 31.2 Å². The highest BCUT2D eigenvalue weighted by Gasteiger charge is 2.29. The maximum Gasteiger partial charge on any atom is 0.223 e. The first kappa shape index (κ1) is 18.7. The lowest BCUT2D eigenvalue weighted by Crippen LogP contribution is -2.43. The Balaban J connectivity index is 1.95. The van der Waals surface area contributed by atoms with Crippen LogP contribution in [0.1, 0.15) is 37.8 Å². The van der Waals surface area contributed by atoms with Crippen molar-refractivity contribution < 1.29 is 17.9 Å². The molecule has 1 aliphatic rings. The SMILES string of the molecule is CC[C@@H](NC(=O)C1CCN(S(C)(=O)=O)CC1)c1ccc(OC)cc1. The number of ether oxygens (including phenoxy) is 1. The lowest BCUT2D eigenvalue weighted by Gasteiger charge is -2.30. The van der Waals surface area contributed by atoms with Crippen molar-refractivity contribution in [3.05, 3.63) is 29.8 Å². The van der Waals surface area contributed by atoms with Gasteiger partial charge in [-0.1, -0.05) is 19.1 Å². The molecule has 6 nitrogen and oxygen atoms in total. The Kier molecular flexibility index (Phi) is 6.23. The number of nitrogens with one attached hydrogen (secondary N) is 1. The van der Waals surface area contributed by atoms with Crippen molar-refractivity contribution >= 4 is 15.9 Å². The summed E-state index contributed by atoms with van der Waals surface area (Å²) >= 11 is 0. The fourth-order valence-electron chi connectivity index (χ4n) is 3.00. The smallest absolute Gasteiger partial charge is 0.223 e. The van der Waals surface area contributed by atoms with E-state index in [1.165, 1.54) is 10.6 Å². The normalized spacial score (nSPS) is 18.1. The highest BCUT2D eigenvalue weighted by Crippen LogP contribution is 2.23. The second-order valence-corrected chi connectivity index (χ2v) is 8.16. The molecule has 2 rings (SSSR count). The third-order valence-corrected chi connectivity index (χ3v) is 5.84. The number of carbonyl (C=O) groups excluding carboxylic acids is 1. The second kappa shape index (κ2) is 7.98. The largest absolute Gasteiger partial charge is 0.497 e. The molecule has 0 spiro atoms. The van der Waals surface area contributed by atoms with Gasteiger partial charge in [-0.2, -0.15) is 0 Å². The minimum atomic E-state index is -3.16. The molecule has 134 valence electrons. The number of amides is 1. The lowest BCUT2D eigenvalue weighted by molar-refractivity contribution is -0.126. The van der Waals surface area contributed by atoms with Crippen molar-refractivity contribution in [3.8, 4) is 5.75 Å². The molecule has 1 aromatic carbocycles. The number of rotatable bonds is 6. The van der Waals surface area contributed by atoms with Crippen LogP contribution in [0.15, 0.2) is 24.3 Å². The number of sulfonamides is 1. The lowest BCUT2D eigenvalue weighted by atomic mass is 9.95. The van der Waals surface area contributed by atoms with Crippen LogP contribution in [0.25, 0.3) is 0 Å². The minimum absolute atomic E-state index is 0.00539. The van der Waals surface area contributed by atoms with Crippen LogP contribution >= 0.6 is 0 Å². The summed E-state index contributed by atoms with van der Waals surface area (Å²) in [4.78, 5) is 12.5. The molecular weight excluding hydrogens is 328 g/mol. The van der Waals surface area contributed by atoms with Crippen LogP contribution in [-0.2, 0) is 14.8 Å². The summed E-state index contributed by atoms with van der Waals surface area (Å²) in [6.45, 7) is 2.86. The van der Waals surface area contributed by atoms with Gasteiger partial charge in [-0.15, -0.1) is 0 Å². The summed E-state index contributed by atoms with van der Waals surface area (Å²) in [5.74, 6) is 0.661. The van der Waals surface area contributed by atoms with Gasteiger partial charge in [0.15, 0.2) is 0 Å². The first-order valence-corrected chi connectivity index (χ1v) is 10.1. The van der Waals surface area contributed by atoms with E-state index in [9.17, 15) is 13.2 Å². The molecule has 1 atom stereocenters. The quantitative estimate of drug-likeness (QED) is 0.847. The Hall–Kier alpha value is -1.60. The molecule has 1 aromatic rings. The summed E-state index contributed by atoms with van der Waals surface area (Å²) in [6, 6.07) is 7.64. The van der Waals surface area contributed by atoms with Gasteiger partial charge in [-0.05, 0) is 37.0 Å². The summed E-state index contributed by atoms with van der Waals surface area (Å²) in [5.41, 5.74) is 1.04. The van der Waals surface area contributed by atoms with Crippen LogP contribution < -0.4 is 10.1 Å². The maximum absolute atomic E-state index is 12.5. The first-order chi connectivity index (χ1) is 11.3. The molecule has 1 fully saturated rings. The third kappa shape index (κ3) is 4.70. The molecule has 0 bridgehead atoms. The van der Waals surface area contributed by atoms with Gasteiger partial charge in [-0.25, -0.2) is 12.7 Å². The number of piperidine rings is 1. The molecule has 1 heterocycles. The monoisotopic (exact) mass is 354 g/mol. The number of benzene rings is 1. The second-order valence-electron chi connectivity index (χ2n) is 6.18. The zero-order valence-electron chi connectivity index (χ0n) is 14.5. The third-order valence-electron chi connectivity index (χ3n) is 4.54. The maximum atomic E-state index is 12.5. The molecule has 0 unspecified atom stereocenters. The van der Waals surface area contributed by atoms with Crippen LogP contribution in [-0.4, -0.2) is 45.1 Å². The topological polar surface area (TPSA) is 75.7 Å². The number of methoxy groups -OCH3 is 1. The van der Waals surface area contributed by atoms with Crippen molar-refractivity contribution in [1.82, 2.24) is 9.62 Å². The Bertz CT molecular complexity index is 650. The molecule has 1 aliphatic heterocycles. The fraction of sp³-hybridized carbons (Fsp3) is 0.588. The summed E-state index contributed by atoms with van der Waals surface area (Å²) < 4.78 is 29.7. The predicted octanol–water partition coefficient (Wildman–Crippen LogP) is 1.93. The summed E-state index contributed by atoms with van der Waals surface area (Å²) in [6.07, 6.45) is 3.14. The molecule has 24 heavy (non-hydrogen) atoms. The van der Waals surface area contributed by atoms with E-state index in [0.717, 1.165) is 17.7 Å². The molecule has 0 aliphatic carbocycles. The van der Waals surface area contributed by atoms with E-state index < -0.39 is 10.0 Å². The van der Waals surface area contributed by atoms with E-state index in [0.29, 0.717) is 25.9 Å². The summed E-state index contributed by atoms with van der Waals surface area (Å²) in [7, 11) is -1.54. The number of carbonyl (C=O) groups is 1. The standard InChI is InChI=1S/C17H26N2O4S/c1-4-16(13-5-7-15(23-2)8-6-13)18-17(20)14-9-11-19(12-10-14)24(3,21)22/h5-8,14,16H,4,9-12H2,1-3H3,(H,18,20)/t16-/m1/s1. The van der Waals surface area contributed by atoms with Crippen molar-refractivity contribution in [3.63, 3.8) is 0 Å². The van der Waals surface area contributed by atoms with Crippen molar-refractivity contribution in [2.75, 3.05) is 26.5 Å².